The summed E-state index contributed by atoms with van der Waals surface area (Å²) in [6, 6.07) is 6.53. The molecule has 7 nitrogen and oxygen atoms in total. The molecule has 0 aliphatic carbocycles. The molecule has 130 valence electrons. The molecular formula is C16H16N4O3S2. The predicted molar refractivity (Wildman–Crippen MR) is 96.0 cm³/mol. The molecule has 0 saturated carbocycles. The summed E-state index contributed by atoms with van der Waals surface area (Å²) in [5.41, 5.74) is 0.645. The number of carbonyl (C=O) groups is 3. The highest BCUT2D eigenvalue weighted by Gasteiger charge is 2.36. The zero-order valence-electron chi connectivity index (χ0n) is 13.7. The second-order valence-corrected chi connectivity index (χ2v) is 8.16. The third-order valence-corrected chi connectivity index (χ3v) is 5.90. The molecular weight excluding hydrogens is 360 g/mol. The van der Waals surface area contributed by atoms with Gasteiger partial charge in [0.05, 0.1) is 11.1 Å². The maximum absolute atomic E-state index is 12.2. The number of aromatic nitrogens is 2. The molecule has 0 bridgehead atoms. The minimum atomic E-state index is -0.481. The van der Waals surface area contributed by atoms with E-state index >= 15 is 0 Å². The molecule has 1 aliphatic heterocycles. The third-order valence-electron chi connectivity index (χ3n) is 3.71. The van der Waals surface area contributed by atoms with Crippen LogP contribution in [0.4, 0.5) is 5.13 Å². The number of amides is 3. The van der Waals surface area contributed by atoms with Gasteiger partial charge in [-0.15, -0.1) is 10.2 Å². The minimum Gasteiger partial charge on any atom is -0.299 e. The first-order valence-electron chi connectivity index (χ1n) is 7.74. The van der Waals surface area contributed by atoms with Crippen molar-refractivity contribution in [2.75, 3.05) is 11.9 Å². The summed E-state index contributed by atoms with van der Waals surface area (Å²) < 4.78 is 0.769. The normalized spacial score (nSPS) is 14.6. The van der Waals surface area contributed by atoms with Crippen LogP contribution >= 0.6 is 23.1 Å². The van der Waals surface area contributed by atoms with Gasteiger partial charge in [-0.05, 0) is 18.6 Å². The van der Waals surface area contributed by atoms with Crippen molar-refractivity contribution in [2.45, 2.75) is 29.9 Å². The van der Waals surface area contributed by atoms with Gasteiger partial charge in [-0.25, -0.2) is 0 Å². The van der Waals surface area contributed by atoms with Gasteiger partial charge in [0.2, 0.25) is 11.0 Å². The summed E-state index contributed by atoms with van der Waals surface area (Å²) in [6.45, 7) is 3.83. The number of imide groups is 1. The van der Waals surface area contributed by atoms with E-state index in [2.05, 4.69) is 29.4 Å². The van der Waals surface area contributed by atoms with Crippen LogP contribution in [0.1, 0.15) is 41.0 Å². The van der Waals surface area contributed by atoms with Crippen LogP contribution in [-0.2, 0) is 4.79 Å². The van der Waals surface area contributed by atoms with E-state index in [4.69, 9.17) is 0 Å². The Morgan fingerprint density at radius 1 is 1.24 bits per heavy atom. The van der Waals surface area contributed by atoms with Gasteiger partial charge >= 0.3 is 0 Å². The Hall–Kier alpha value is -2.26. The SMILES string of the molecule is CCC(C)Sc1nnc(NC(=O)CN2C(=O)c3ccccc3C2=O)s1. The van der Waals surface area contributed by atoms with Crippen LogP contribution in [0.2, 0.25) is 0 Å². The quantitative estimate of drug-likeness (QED) is 0.473. The molecule has 1 aliphatic rings. The topological polar surface area (TPSA) is 92.3 Å². The molecule has 0 saturated heterocycles. The van der Waals surface area contributed by atoms with Crippen molar-refractivity contribution in [1.82, 2.24) is 15.1 Å². The van der Waals surface area contributed by atoms with E-state index in [1.54, 1.807) is 36.0 Å². The first-order chi connectivity index (χ1) is 12.0. The van der Waals surface area contributed by atoms with Gasteiger partial charge in [0, 0.05) is 5.25 Å². The van der Waals surface area contributed by atoms with E-state index in [9.17, 15) is 14.4 Å². The predicted octanol–water partition coefficient (Wildman–Crippen LogP) is 2.66. The number of hydrogen-bond acceptors (Lipinski definition) is 7. The summed E-state index contributed by atoms with van der Waals surface area (Å²) >= 11 is 2.86. The van der Waals surface area contributed by atoms with Crippen molar-refractivity contribution in [3.63, 3.8) is 0 Å². The van der Waals surface area contributed by atoms with E-state index in [-0.39, 0.29) is 6.54 Å². The Kier molecular flexibility index (Phi) is 5.14. The number of nitrogens with zero attached hydrogens (tertiary/aromatic N) is 3. The molecule has 9 heteroatoms. The van der Waals surface area contributed by atoms with Crippen molar-refractivity contribution in [3.05, 3.63) is 35.4 Å². The first-order valence-corrected chi connectivity index (χ1v) is 9.44. The number of nitrogens with one attached hydrogen (secondary N) is 1. The highest BCUT2D eigenvalue weighted by molar-refractivity contribution is 8.01. The monoisotopic (exact) mass is 376 g/mol. The minimum absolute atomic E-state index is 0.323. The van der Waals surface area contributed by atoms with Crippen molar-refractivity contribution in [3.8, 4) is 0 Å². The van der Waals surface area contributed by atoms with Crippen LogP contribution in [0.5, 0.6) is 0 Å². The molecule has 0 fully saturated rings. The van der Waals surface area contributed by atoms with Crippen LogP contribution < -0.4 is 5.32 Å². The van der Waals surface area contributed by atoms with Gasteiger partial charge < -0.3 is 0 Å². The fourth-order valence-electron chi connectivity index (χ4n) is 2.25. The number of fused-ring (bicyclic) bond motifs is 1. The molecule has 1 aromatic heterocycles. The number of rotatable bonds is 6. The summed E-state index contributed by atoms with van der Waals surface area (Å²) in [5.74, 6) is -1.40. The Morgan fingerprint density at radius 3 is 2.48 bits per heavy atom. The van der Waals surface area contributed by atoms with Crippen molar-refractivity contribution in [2.24, 2.45) is 0 Å². The van der Waals surface area contributed by atoms with E-state index in [1.165, 1.54) is 11.3 Å². The standard InChI is InChI=1S/C16H16N4O3S2/c1-3-9(2)24-16-19-18-15(25-16)17-12(21)8-20-13(22)10-6-4-5-7-11(10)14(20)23/h4-7,9H,3,8H2,1-2H3,(H,17,18,21). The third kappa shape index (κ3) is 3.72. The molecule has 2 aromatic rings. The highest BCUT2D eigenvalue weighted by atomic mass is 32.2. The number of benzene rings is 1. The first kappa shape index (κ1) is 17.6. The van der Waals surface area contributed by atoms with Crippen molar-refractivity contribution < 1.29 is 14.4 Å². The Labute approximate surface area is 152 Å². The average molecular weight is 376 g/mol. The number of hydrogen-bond donors (Lipinski definition) is 1. The molecule has 0 spiro atoms. The maximum atomic E-state index is 12.2. The summed E-state index contributed by atoms with van der Waals surface area (Å²) in [5, 5.41) is 11.3. The number of carbonyl (C=O) groups excluding carboxylic acids is 3. The lowest BCUT2D eigenvalue weighted by atomic mass is 10.1. The van der Waals surface area contributed by atoms with Crippen LogP contribution in [0, 0.1) is 0 Å². The molecule has 0 radical (unpaired) electrons. The second kappa shape index (κ2) is 7.32. The zero-order chi connectivity index (χ0) is 18.0. The molecule has 1 atom stereocenters. The maximum Gasteiger partial charge on any atom is 0.262 e. The van der Waals surface area contributed by atoms with Gasteiger partial charge in [-0.1, -0.05) is 49.1 Å². The van der Waals surface area contributed by atoms with Crippen LogP contribution in [0.3, 0.4) is 0 Å². The molecule has 1 aromatic carbocycles. The van der Waals surface area contributed by atoms with E-state index in [1.807, 2.05) is 0 Å². The lowest BCUT2D eigenvalue weighted by molar-refractivity contribution is -0.116. The molecule has 25 heavy (non-hydrogen) atoms. The Bertz CT molecular complexity index is 801. The molecule has 1 N–H and O–H groups in total. The van der Waals surface area contributed by atoms with Crippen molar-refractivity contribution in [1.29, 1.82) is 0 Å². The molecule has 2 heterocycles. The lowest BCUT2D eigenvalue weighted by Gasteiger charge is -2.12. The summed E-state index contributed by atoms with van der Waals surface area (Å²) in [6.07, 6.45) is 1.01. The van der Waals surface area contributed by atoms with Gasteiger partial charge in [0.15, 0.2) is 4.34 Å². The Balaban J connectivity index is 1.62. The summed E-state index contributed by atoms with van der Waals surface area (Å²) in [4.78, 5) is 37.6. The Morgan fingerprint density at radius 2 is 1.88 bits per heavy atom. The smallest absolute Gasteiger partial charge is 0.262 e. The second-order valence-electron chi connectivity index (χ2n) is 5.50. The summed E-state index contributed by atoms with van der Waals surface area (Å²) in [7, 11) is 0. The van der Waals surface area contributed by atoms with E-state index in [0.717, 1.165) is 15.7 Å². The molecule has 1 unspecified atom stereocenters. The van der Waals surface area contributed by atoms with Crippen molar-refractivity contribution >= 4 is 46.0 Å². The van der Waals surface area contributed by atoms with Gasteiger partial charge in [0.1, 0.15) is 6.54 Å². The average Bonchev–Trinajstić information content (AvgIpc) is 3.13. The largest absolute Gasteiger partial charge is 0.299 e. The number of thioether (sulfide) groups is 1. The fourth-order valence-corrected chi connectivity index (χ4v) is 4.26. The van der Waals surface area contributed by atoms with E-state index < -0.39 is 17.7 Å². The number of anilines is 1. The van der Waals surface area contributed by atoms with Crippen LogP contribution in [0.25, 0.3) is 0 Å². The fraction of sp³-hybridized carbons (Fsp3) is 0.312. The lowest BCUT2D eigenvalue weighted by Crippen LogP contribution is -2.37. The highest BCUT2D eigenvalue weighted by Crippen LogP contribution is 2.30. The molecule has 3 amide bonds. The zero-order valence-corrected chi connectivity index (χ0v) is 15.3. The van der Waals surface area contributed by atoms with E-state index in [0.29, 0.717) is 21.5 Å². The van der Waals surface area contributed by atoms with Gasteiger partial charge in [-0.2, -0.15) is 0 Å². The van der Waals surface area contributed by atoms with Crippen LogP contribution in [0.15, 0.2) is 28.6 Å². The molecule has 3 rings (SSSR count). The van der Waals surface area contributed by atoms with Crippen LogP contribution in [-0.4, -0.2) is 44.6 Å². The van der Waals surface area contributed by atoms with Gasteiger partial charge in [-0.3, -0.25) is 24.6 Å². The van der Waals surface area contributed by atoms with Gasteiger partial charge in [0.25, 0.3) is 11.8 Å².